The number of aryl methyl sites for hydroxylation is 1. The molecule has 1 aliphatic carbocycles. The highest BCUT2D eigenvalue weighted by molar-refractivity contribution is 7.14. The number of thiophene rings is 1. The van der Waals surface area contributed by atoms with E-state index in [0.717, 1.165) is 24.1 Å². The molecule has 0 bridgehead atoms. The van der Waals surface area contributed by atoms with Crippen LogP contribution in [0, 0.1) is 5.92 Å². The molecule has 0 saturated carbocycles. The molecular weight excluding hydrogens is 362 g/mol. The Morgan fingerprint density at radius 2 is 2.30 bits per heavy atom. The molecule has 0 saturated heterocycles. The zero-order chi connectivity index (χ0) is 18.8. The molecule has 142 valence electrons. The van der Waals surface area contributed by atoms with Gasteiger partial charge in [-0.3, -0.25) is 4.79 Å². The van der Waals surface area contributed by atoms with Crippen molar-refractivity contribution in [2.45, 2.75) is 46.1 Å². The fraction of sp³-hybridized carbons (Fsp3) is 0.450. The van der Waals surface area contributed by atoms with Crippen molar-refractivity contribution in [3.8, 4) is 11.7 Å². The van der Waals surface area contributed by atoms with E-state index < -0.39 is 0 Å². The summed E-state index contributed by atoms with van der Waals surface area (Å²) in [5.74, 6) is 2.02. The number of fused-ring (bicyclic) bond motifs is 1. The van der Waals surface area contributed by atoms with Crippen LogP contribution in [0.25, 0.3) is 11.7 Å². The van der Waals surface area contributed by atoms with Crippen molar-refractivity contribution in [2.75, 3.05) is 6.54 Å². The molecular formula is C20H23N3O3S. The van der Waals surface area contributed by atoms with Crippen LogP contribution in [-0.2, 0) is 19.4 Å². The van der Waals surface area contributed by atoms with Crippen molar-refractivity contribution in [2.24, 2.45) is 5.92 Å². The number of hydrogen-bond donors (Lipinski definition) is 0. The Morgan fingerprint density at radius 3 is 3.07 bits per heavy atom. The minimum absolute atomic E-state index is 0.0432. The maximum absolute atomic E-state index is 13.1. The second-order valence-electron chi connectivity index (χ2n) is 7.11. The molecule has 3 heterocycles. The molecule has 0 aromatic carbocycles. The van der Waals surface area contributed by atoms with Gasteiger partial charge in [-0.15, -0.1) is 21.5 Å². The first-order chi connectivity index (χ1) is 13.1. The number of amides is 1. The number of hydrogen-bond acceptors (Lipinski definition) is 6. The third kappa shape index (κ3) is 3.83. The molecule has 3 aromatic heterocycles. The molecule has 1 aliphatic rings. The Balaban J connectivity index is 1.51. The Bertz CT molecular complexity index is 913. The van der Waals surface area contributed by atoms with Crippen molar-refractivity contribution in [3.05, 3.63) is 45.7 Å². The minimum atomic E-state index is 0.0432. The predicted molar refractivity (Wildman–Crippen MR) is 103 cm³/mol. The van der Waals surface area contributed by atoms with Crippen molar-refractivity contribution >= 4 is 17.2 Å². The molecule has 6 nitrogen and oxygen atoms in total. The van der Waals surface area contributed by atoms with Gasteiger partial charge < -0.3 is 13.7 Å². The topological polar surface area (TPSA) is 72.4 Å². The lowest BCUT2D eigenvalue weighted by Gasteiger charge is -2.19. The van der Waals surface area contributed by atoms with E-state index in [9.17, 15) is 4.79 Å². The smallest absolute Gasteiger partial charge is 0.283 e. The van der Waals surface area contributed by atoms with Gasteiger partial charge in [-0.05, 0) is 55.4 Å². The van der Waals surface area contributed by atoms with Gasteiger partial charge in [0.25, 0.3) is 11.8 Å². The van der Waals surface area contributed by atoms with Gasteiger partial charge in [-0.1, -0.05) is 13.8 Å². The minimum Gasteiger partial charge on any atom is -0.459 e. The van der Waals surface area contributed by atoms with Crippen molar-refractivity contribution in [3.63, 3.8) is 0 Å². The maximum Gasteiger partial charge on any atom is 0.283 e. The summed E-state index contributed by atoms with van der Waals surface area (Å²) in [6, 6.07) is 5.62. The molecule has 0 fully saturated rings. The van der Waals surface area contributed by atoms with E-state index in [4.69, 9.17) is 8.83 Å². The normalized spacial score (nSPS) is 16.3. The number of furan rings is 1. The number of nitrogens with zero attached hydrogens (tertiary/aromatic N) is 3. The van der Waals surface area contributed by atoms with Crippen LogP contribution in [0.1, 0.15) is 52.7 Å². The Hall–Kier alpha value is -2.41. The average Bonchev–Trinajstić information content (AvgIpc) is 3.40. The van der Waals surface area contributed by atoms with Gasteiger partial charge in [-0.25, -0.2) is 0 Å². The van der Waals surface area contributed by atoms with Gasteiger partial charge >= 0.3 is 0 Å². The molecule has 1 amide bonds. The van der Waals surface area contributed by atoms with Crippen molar-refractivity contribution in [1.82, 2.24) is 15.1 Å². The maximum atomic E-state index is 13.1. The molecule has 7 heteroatoms. The lowest BCUT2D eigenvalue weighted by atomic mass is 9.90. The largest absolute Gasteiger partial charge is 0.459 e. The molecule has 0 unspecified atom stereocenters. The van der Waals surface area contributed by atoms with Crippen LogP contribution in [0.4, 0.5) is 0 Å². The number of carbonyl (C=O) groups is 1. The third-order valence-electron chi connectivity index (χ3n) is 4.85. The fourth-order valence-electron chi connectivity index (χ4n) is 3.47. The van der Waals surface area contributed by atoms with E-state index in [0.29, 0.717) is 36.5 Å². The highest BCUT2D eigenvalue weighted by Gasteiger charge is 2.24. The second-order valence-corrected chi connectivity index (χ2v) is 8.25. The van der Waals surface area contributed by atoms with Crippen LogP contribution in [-0.4, -0.2) is 27.5 Å². The zero-order valence-corrected chi connectivity index (χ0v) is 16.4. The van der Waals surface area contributed by atoms with Crippen LogP contribution in [0.15, 0.2) is 33.3 Å². The highest BCUT2D eigenvalue weighted by Crippen LogP contribution is 2.33. The van der Waals surface area contributed by atoms with E-state index >= 15 is 0 Å². The molecule has 3 aromatic rings. The zero-order valence-electron chi connectivity index (χ0n) is 15.6. The average molecular weight is 385 g/mol. The van der Waals surface area contributed by atoms with E-state index in [1.54, 1.807) is 34.6 Å². The summed E-state index contributed by atoms with van der Waals surface area (Å²) in [5.41, 5.74) is 1.34. The fourth-order valence-corrected chi connectivity index (χ4v) is 4.65. The van der Waals surface area contributed by atoms with E-state index in [2.05, 4.69) is 30.1 Å². The first kappa shape index (κ1) is 18.0. The quantitative estimate of drug-likeness (QED) is 0.621. The highest BCUT2D eigenvalue weighted by atomic mass is 32.1. The van der Waals surface area contributed by atoms with Gasteiger partial charge in [0.05, 0.1) is 17.7 Å². The molecule has 0 N–H and O–H groups in total. The second kappa shape index (κ2) is 7.68. The van der Waals surface area contributed by atoms with E-state index in [1.807, 2.05) is 0 Å². The molecule has 1 atom stereocenters. The summed E-state index contributed by atoms with van der Waals surface area (Å²) in [6.45, 7) is 5.29. The van der Waals surface area contributed by atoms with E-state index in [-0.39, 0.29) is 5.91 Å². The summed E-state index contributed by atoms with van der Waals surface area (Å²) < 4.78 is 11.0. The van der Waals surface area contributed by atoms with Crippen LogP contribution < -0.4 is 0 Å². The van der Waals surface area contributed by atoms with Crippen molar-refractivity contribution in [1.29, 1.82) is 0 Å². The standard InChI is InChI=1S/C20H23N3O3S/c1-3-8-23(12-18-21-22-19(26-18)15-5-4-9-25-15)20(24)17-11-14-10-13(2)6-7-16(14)27-17/h4-5,9,11,13H,3,6-8,10,12H2,1-2H3/t13-/m1/s1. The lowest BCUT2D eigenvalue weighted by Crippen LogP contribution is -2.30. The molecule has 0 spiro atoms. The summed E-state index contributed by atoms with van der Waals surface area (Å²) in [7, 11) is 0. The van der Waals surface area contributed by atoms with Crippen LogP contribution in [0.3, 0.4) is 0 Å². The molecule has 0 aliphatic heterocycles. The first-order valence-corrected chi connectivity index (χ1v) is 10.2. The van der Waals surface area contributed by atoms with E-state index in [1.165, 1.54) is 16.9 Å². The van der Waals surface area contributed by atoms with Gasteiger partial charge in [0.15, 0.2) is 5.76 Å². The number of rotatable bonds is 6. The molecule has 27 heavy (non-hydrogen) atoms. The Labute approximate surface area is 162 Å². The summed E-state index contributed by atoms with van der Waals surface area (Å²) in [5, 5.41) is 8.10. The third-order valence-corrected chi connectivity index (χ3v) is 6.07. The Morgan fingerprint density at radius 1 is 1.41 bits per heavy atom. The monoisotopic (exact) mass is 385 g/mol. The summed E-state index contributed by atoms with van der Waals surface area (Å²) in [6.07, 6.45) is 5.79. The summed E-state index contributed by atoms with van der Waals surface area (Å²) in [4.78, 5) is 17.1. The van der Waals surface area contributed by atoms with Crippen LogP contribution in [0.2, 0.25) is 0 Å². The SMILES string of the molecule is CCCN(Cc1nnc(-c2ccco2)o1)C(=O)c1cc2c(s1)CC[C@@H](C)C2. The van der Waals surface area contributed by atoms with Gasteiger partial charge in [0, 0.05) is 11.4 Å². The molecule has 4 rings (SSSR count). The van der Waals surface area contributed by atoms with Crippen molar-refractivity contribution < 1.29 is 13.6 Å². The van der Waals surface area contributed by atoms with Gasteiger partial charge in [0.1, 0.15) is 0 Å². The predicted octanol–water partition coefficient (Wildman–Crippen LogP) is 4.57. The first-order valence-electron chi connectivity index (χ1n) is 9.41. The van der Waals surface area contributed by atoms with Crippen LogP contribution >= 0.6 is 11.3 Å². The van der Waals surface area contributed by atoms with Gasteiger partial charge in [-0.2, -0.15) is 0 Å². The summed E-state index contributed by atoms with van der Waals surface area (Å²) >= 11 is 1.64. The molecule has 0 radical (unpaired) electrons. The van der Waals surface area contributed by atoms with Crippen LogP contribution in [0.5, 0.6) is 0 Å². The lowest BCUT2D eigenvalue weighted by molar-refractivity contribution is 0.0733. The number of aromatic nitrogens is 2. The van der Waals surface area contributed by atoms with Gasteiger partial charge in [0.2, 0.25) is 5.89 Å². The number of carbonyl (C=O) groups excluding carboxylic acids is 1. The Kier molecular flexibility index (Phi) is 5.11.